The Bertz CT molecular complexity index is 1610. The van der Waals surface area contributed by atoms with Gasteiger partial charge in [-0.2, -0.15) is 39.5 Å². The van der Waals surface area contributed by atoms with Gasteiger partial charge >= 0.3 is 24.6 Å². The number of rotatable bonds is 6. The summed E-state index contributed by atoms with van der Waals surface area (Å²) in [5.74, 6) is -1.03. The van der Waals surface area contributed by atoms with Gasteiger partial charge in [0.1, 0.15) is 11.6 Å². The smallest absolute Gasteiger partial charge is 0.417 e. The second-order valence-corrected chi connectivity index (χ2v) is 11.4. The van der Waals surface area contributed by atoms with Gasteiger partial charge in [-0.15, -0.1) is 0 Å². The van der Waals surface area contributed by atoms with E-state index in [0.717, 1.165) is 41.3 Å². The first-order chi connectivity index (χ1) is 20.6. The van der Waals surface area contributed by atoms with E-state index in [1.165, 1.54) is 27.0 Å². The third-order valence-corrected chi connectivity index (χ3v) is 7.74. The van der Waals surface area contributed by atoms with Gasteiger partial charge in [-0.3, -0.25) is 4.90 Å². The van der Waals surface area contributed by atoms with Crippen molar-refractivity contribution < 1.29 is 58.2 Å². The van der Waals surface area contributed by atoms with E-state index in [-0.39, 0.29) is 40.0 Å². The van der Waals surface area contributed by atoms with E-state index in [2.05, 4.69) is 0 Å². The van der Waals surface area contributed by atoms with E-state index >= 15 is 0 Å². The second-order valence-electron chi connectivity index (χ2n) is 11.4. The van der Waals surface area contributed by atoms with E-state index < -0.39 is 70.9 Å². The van der Waals surface area contributed by atoms with Gasteiger partial charge in [0.05, 0.1) is 35.9 Å². The van der Waals surface area contributed by atoms with E-state index in [0.29, 0.717) is 0 Å². The van der Waals surface area contributed by atoms with Crippen molar-refractivity contribution >= 4 is 6.09 Å². The van der Waals surface area contributed by atoms with Gasteiger partial charge in [0.2, 0.25) is 0 Å². The summed E-state index contributed by atoms with van der Waals surface area (Å²) in [5.41, 5.74) is -7.60. The number of nitrogens with zero attached hydrogens (tertiary/aromatic N) is 1. The Morgan fingerprint density at radius 2 is 1.53 bits per heavy atom. The van der Waals surface area contributed by atoms with Crippen LogP contribution in [0.2, 0.25) is 0 Å². The third-order valence-electron chi connectivity index (χ3n) is 7.74. The number of cyclic esters (lactones) is 1. The molecule has 1 amide bonds. The lowest BCUT2D eigenvalue weighted by Crippen LogP contribution is -2.43. The summed E-state index contributed by atoms with van der Waals surface area (Å²) in [6.45, 7) is 5.17. The summed E-state index contributed by atoms with van der Waals surface area (Å²) in [5, 5.41) is 0. The molecule has 0 bridgehead atoms. The highest BCUT2D eigenvalue weighted by Gasteiger charge is 2.54. The van der Waals surface area contributed by atoms with Crippen LogP contribution in [0.1, 0.15) is 73.1 Å². The SMILES string of the molecule is COc1cc(F)c(C(C)C)cc1-c1ccc(C(F)(F)F)cc1CN1C(=O)OC(c2cccc(C(F)(F)F)c2C(F)(F)F)C1(C)C. The minimum absolute atomic E-state index is 0.0437. The molecule has 0 radical (unpaired) electrons. The molecule has 0 spiro atoms. The highest BCUT2D eigenvalue weighted by Crippen LogP contribution is 2.50. The standard InChI is InChI=1S/C31H27F10NO3/c1-15(2)20-12-21(24(44-5)13-23(20)32)18-10-9-17(29(33,34)35)11-16(18)14-42-27(43)45-26(28(42,3)4)19-7-6-8-22(30(36,37)38)25(19)31(39,40)41/h6-13,15,26H,14H2,1-5H3. The number of methoxy groups -OCH3 is 1. The molecule has 244 valence electrons. The minimum Gasteiger partial charge on any atom is -0.496 e. The lowest BCUT2D eigenvalue weighted by molar-refractivity contribution is -0.163. The molecule has 14 heteroatoms. The highest BCUT2D eigenvalue weighted by atomic mass is 19.4. The van der Waals surface area contributed by atoms with Crippen LogP contribution in [0.3, 0.4) is 0 Å². The lowest BCUT2D eigenvalue weighted by atomic mass is 9.85. The van der Waals surface area contributed by atoms with Gasteiger partial charge in [-0.1, -0.05) is 32.0 Å². The lowest BCUT2D eigenvalue weighted by Gasteiger charge is -2.34. The maximum Gasteiger partial charge on any atom is 0.417 e. The Morgan fingerprint density at radius 3 is 2.07 bits per heavy atom. The van der Waals surface area contributed by atoms with Crippen molar-refractivity contribution in [2.75, 3.05) is 7.11 Å². The molecule has 0 aliphatic carbocycles. The van der Waals surface area contributed by atoms with Crippen molar-refractivity contribution in [3.05, 3.63) is 87.7 Å². The molecular weight excluding hydrogens is 624 g/mol. The van der Waals surface area contributed by atoms with Crippen LogP contribution in [0.5, 0.6) is 5.75 Å². The molecule has 0 N–H and O–H groups in total. The predicted molar refractivity (Wildman–Crippen MR) is 143 cm³/mol. The first kappa shape index (κ1) is 33.9. The average Bonchev–Trinajstić information content (AvgIpc) is 3.14. The van der Waals surface area contributed by atoms with Crippen LogP contribution in [0.4, 0.5) is 48.7 Å². The van der Waals surface area contributed by atoms with E-state index in [1.54, 1.807) is 13.8 Å². The molecule has 3 aromatic rings. The van der Waals surface area contributed by atoms with Crippen molar-refractivity contribution in [2.24, 2.45) is 0 Å². The van der Waals surface area contributed by atoms with Gasteiger partial charge < -0.3 is 9.47 Å². The fourth-order valence-electron chi connectivity index (χ4n) is 5.47. The zero-order chi connectivity index (χ0) is 33.9. The van der Waals surface area contributed by atoms with Gasteiger partial charge in [-0.05, 0) is 60.7 Å². The fraction of sp³-hybridized carbons (Fsp3) is 0.387. The number of carbonyl (C=O) groups excluding carboxylic acids is 1. The first-order valence-electron chi connectivity index (χ1n) is 13.4. The van der Waals surface area contributed by atoms with Crippen molar-refractivity contribution in [3.8, 4) is 16.9 Å². The maximum atomic E-state index is 14.8. The molecule has 0 saturated carbocycles. The normalized spacial score (nSPS) is 17.2. The van der Waals surface area contributed by atoms with Gasteiger partial charge in [-0.25, -0.2) is 9.18 Å². The Morgan fingerprint density at radius 1 is 0.889 bits per heavy atom. The zero-order valence-corrected chi connectivity index (χ0v) is 24.4. The molecule has 1 aliphatic heterocycles. The summed E-state index contributed by atoms with van der Waals surface area (Å²) in [6, 6.07) is 6.80. The summed E-state index contributed by atoms with van der Waals surface area (Å²) >= 11 is 0. The van der Waals surface area contributed by atoms with Crippen molar-refractivity contribution in [1.82, 2.24) is 4.90 Å². The molecule has 1 saturated heterocycles. The number of ether oxygens (including phenoxy) is 2. The van der Waals surface area contributed by atoms with Crippen LogP contribution >= 0.6 is 0 Å². The van der Waals surface area contributed by atoms with E-state index in [1.807, 2.05) is 0 Å². The van der Waals surface area contributed by atoms with Gasteiger partial charge in [0, 0.05) is 17.2 Å². The average molecular weight is 652 g/mol. The Labute approximate surface area is 251 Å². The Balaban J connectivity index is 1.89. The summed E-state index contributed by atoms with van der Waals surface area (Å²) in [4.78, 5) is 14.0. The quantitative estimate of drug-likeness (QED) is 0.249. The number of hydrogen-bond acceptors (Lipinski definition) is 3. The molecule has 1 heterocycles. The maximum absolute atomic E-state index is 14.8. The first-order valence-corrected chi connectivity index (χ1v) is 13.4. The molecule has 1 fully saturated rings. The predicted octanol–water partition coefficient (Wildman–Crippen LogP) is 10.2. The van der Waals surface area contributed by atoms with Crippen LogP contribution in [0.25, 0.3) is 11.1 Å². The zero-order valence-electron chi connectivity index (χ0n) is 24.4. The molecule has 3 aromatic carbocycles. The van der Waals surface area contributed by atoms with E-state index in [9.17, 15) is 48.7 Å². The molecule has 4 rings (SSSR count). The number of benzene rings is 3. The molecule has 45 heavy (non-hydrogen) atoms. The minimum atomic E-state index is -5.50. The van der Waals surface area contributed by atoms with E-state index in [4.69, 9.17) is 9.47 Å². The van der Waals surface area contributed by atoms with Crippen LogP contribution < -0.4 is 4.74 Å². The van der Waals surface area contributed by atoms with Gasteiger partial charge in [0.25, 0.3) is 0 Å². The monoisotopic (exact) mass is 651 g/mol. The highest BCUT2D eigenvalue weighted by molar-refractivity contribution is 5.77. The Hall–Kier alpha value is -3.97. The number of alkyl halides is 9. The van der Waals surface area contributed by atoms with Crippen LogP contribution in [0, 0.1) is 5.82 Å². The molecule has 0 aromatic heterocycles. The summed E-state index contributed by atoms with van der Waals surface area (Å²) in [7, 11) is 1.22. The summed E-state index contributed by atoms with van der Waals surface area (Å²) in [6.07, 6.45) is -18.9. The largest absolute Gasteiger partial charge is 0.496 e. The topological polar surface area (TPSA) is 38.8 Å². The molecule has 1 atom stereocenters. The number of amides is 1. The fourth-order valence-corrected chi connectivity index (χ4v) is 5.47. The molecular formula is C31H27F10NO3. The van der Waals surface area contributed by atoms with Gasteiger partial charge in [0.15, 0.2) is 6.10 Å². The van der Waals surface area contributed by atoms with Crippen molar-refractivity contribution in [1.29, 1.82) is 0 Å². The Kier molecular flexibility index (Phi) is 8.62. The molecule has 1 aliphatic rings. The third kappa shape index (κ3) is 6.41. The number of halogens is 10. The molecule has 4 nitrogen and oxygen atoms in total. The number of hydrogen-bond donors (Lipinski definition) is 0. The van der Waals surface area contributed by atoms with Crippen LogP contribution in [0.15, 0.2) is 48.5 Å². The van der Waals surface area contributed by atoms with Crippen molar-refractivity contribution in [3.63, 3.8) is 0 Å². The van der Waals surface area contributed by atoms with Crippen LogP contribution in [-0.4, -0.2) is 23.6 Å². The number of carbonyl (C=O) groups is 1. The second kappa shape index (κ2) is 11.4. The van der Waals surface area contributed by atoms with Crippen molar-refractivity contribution in [2.45, 2.75) is 70.3 Å². The van der Waals surface area contributed by atoms with Crippen LogP contribution in [-0.2, 0) is 29.8 Å². The summed E-state index contributed by atoms with van der Waals surface area (Å²) < 4.78 is 150. The molecule has 1 unspecified atom stereocenters.